The third kappa shape index (κ3) is 7.36. The number of carbonyl (C=O) groups excluding carboxylic acids is 2. The summed E-state index contributed by atoms with van der Waals surface area (Å²) in [5.74, 6) is -0.469. The number of nitrogens with one attached hydrogen (secondary N) is 1. The monoisotopic (exact) mass is 509 g/mol. The highest BCUT2D eigenvalue weighted by Gasteiger charge is 2.26. The van der Waals surface area contributed by atoms with Crippen molar-refractivity contribution in [2.24, 2.45) is 0 Å². The van der Waals surface area contributed by atoms with Crippen molar-refractivity contribution in [1.82, 2.24) is 10.2 Å². The summed E-state index contributed by atoms with van der Waals surface area (Å²) in [6.45, 7) is 2.14. The molecule has 2 amide bonds. The topological polar surface area (TPSA) is 86.8 Å². The lowest BCUT2D eigenvalue weighted by Gasteiger charge is -2.29. The molecule has 0 bridgehead atoms. The molecule has 2 rings (SSSR count). The number of nitrogens with zero attached hydrogens (tertiary/aromatic N) is 2. The summed E-state index contributed by atoms with van der Waals surface area (Å²) < 4.78 is 26.6. The van der Waals surface area contributed by atoms with Crippen LogP contribution in [0.3, 0.4) is 0 Å². The van der Waals surface area contributed by atoms with E-state index < -0.39 is 16.1 Å². The van der Waals surface area contributed by atoms with Crippen LogP contribution in [-0.2, 0) is 26.2 Å². The van der Waals surface area contributed by atoms with E-state index in [9.17, 15) is 18.0 Å². The maximum absolute atomic E-state index is 13.0. The highest BCUT2D eigenvalue weighted by molar-refractivity contribution is 9.10. The normalized spacial score (nSPS) is 12.1. The Bertz CT molecular complexity index is 999. The molecule has 0 aromatic heterocycles. The van der Waals surface area contributed by atoms with Crippen molar-refractivity contribution in [2.75, 3.05) is 24.2 Å². The van der Waals surface area contributed by atoms with Crippen LogP contribution in [0, 0.1) is 0 Å². The fraction of sp³-hybridized carbons (Fsp3) is 0.364. The first kappa shape index (κ1) is 24.9. The fourth-order valence-electron chi connectivity index (χ4n) is 3.22. The molecule has 0 saturated carbocycles. The van der Waals surface area contributed by atoms with Crippen molar-refractivity contribution in [3.8, 4) is 0 Å². The van der Waals surface area contributed by atoms with Gasteiger partial charge in [-0.05, 0) is 43.2 Å². The van der Waals surface area contributed by atoms with Crippen LogP contribution in [0.15, 0.2) is 59.1 Å². The van der Waals surface area contributed by atoms with E-state index in [-0.39, 0.29) is 31.3 Å². The van der Waals surface area contributed by atoms with Gasteiger partial charge in [0, 0.05) is 31.0 Å². The Morgan fingerprint density at radius 1 is 1.10 bits per heavy atom. The third-order valence-electron chi connectivity index (χ3n) is 4.85. The van der Waals surface area contributed by atoms with E-state index in [1.165, 1.54) is 16.3 Å². The Morgan fingerprint density at radius 2 is 1.77 bits per heavy atom. The highest BCUT2D eigenvalue weighted by atomic mass is 79.9. The van der Waals surface area contributed by atoms with Gasteiger partial charge in [-0.25, -0.2) is 8.42 Å². The lowest BCUT2D eigenvalue weighted by molar-refractivity contribution is -0.140. The van der Waals surface area contributed by atoms with Crippen molar-refractivity contribution < 1.29 is 18.0 Å². The number of para-hydroxylation sites is 1. The standard InChI is InChI=1S/C22H28BrN3O4S/c1-17(22(28)24-2)25(16-18-9-7-10-19(23)15-18)21(27)13-8-14-26(31(3,29)30)20-11-5-4-6-12-20/h4-7,9-12,15,17H,8,13-14,16H2,1-3H3,(H,24,28)/t17-/m1/s1. The Kier molecular flexibility index (Phi) is 9.06. The molecule has 168 valence electrons. The summed E-state index contributed by atoms with van der Waals surface area (Å²) in [5, 5.41) is 2.58. The molecular formula is C22H28BrN3O4S. The molecule has 0 spiro atoms. The van der Waals surface area contributed by atoms with Gasteiger partial charge in [0.15, 0.2) is 0 Å². The van der Waals surface area contributed by atoms with Crippen molar-refractivity contribution in [3.63, 3.8) is 0 Å². The van der Waals surface area contributed by atoms with E-state index in [2.05, 4.69) is 21.2 Å². The van der Waals surface area contributed by atoms with Crippen LogP contribution in [0.2, 0.25) is 0 Å². The minimum Gasteiger partial charge on any atom is -0.357 e. The van der Waals surface area contributed by atoms with Gasteiger partial charge < -0.3 is 10.2 Å². The lowest BCUT2D eigenvalue weighted by atomic mass is 10.1. The first-order valence-corrected chi connectivity index (χ1v) is 12.6. The maximum Gasteiger partial charge on any atom is 0.242 e. The second-order valence-electron chi connectivity index (χ2n) is 7.22. The number of likely N-dealkylation sites (N-methyl/N-ethyl adjacent to an activating group) is 1. The van der Waals surface area contributed by atoms with Crippen molar-refractivity contribution >= 4 is 43.5 Å². The van der Waals surface area contributed by atoms with Crippen LogP contribution in [0.25, 0.3) is 0 Å². The molecule has 9 heteroatoms. The molecule has 0 saturated heterocycles. The summed E-state index contributed by atoms with van der Waals surface area (Å²) in [6, 6.07) is 15.7. The van der Waals surface area contributed by atoms with E-state index >= 15 is 0 Å². The van der Waals surface area contributed by atoms with Crippen LogP contribution < -0.4 is 9.62 Å². The smallest absolute Gasteiger partial charge is 0.242 e. The van der Waals surface area contributed by atoms with Gasteiger partial charge >= 0.3 is 0 Å². The summed E-state index contributed by atoms with van der Waals surface area (Å²) in [7, 11) is -1.95. The Morgan fingerprint density at radius 3 is 2.35 bits per heavy atom. The zero-order valence-electron chi connectivity index (χ0n) is 17.9. The molecule has 0 aliphatic rings. The molecule has 0 aliphatic carbocycles. The second-order valence-corrected chi connectivity index (χ2v) is 10.0. The zero-order valence-corrected chi connectivity index (χ0v) is 20.3. The predicted octanol–water partition coefficient (Wildman–Crippen LogP) is 3.16. The number of hydrogen-bond donors (Lipinski definition) is 1. The number of amides is 2. The molecule has 1 N–H and O–H groups in total. The number of rotatable bonds is 10. The first-order chi connectivity index (χ1) is 14.6. The van der Waals surface area contributed by atoms with E-state index in [1.54, 1.807) is 31.2 Å². The van der Waals surface area contributed by atoms with Gasteiger partial charge in [0.05, 0.1) is 11.9 Å². The van der Waals surface area contributed by atoms with Crippen LogP contribution in [0.5, 0.6) is 0 Å². The van der Waals surface area contributed by atoms with E-state index in [1.807, 2.05) is 30.3 Å². The molecule has 2 aromatic rings. The number of benzene rings is 2. The summed E-state index contributed by atoms with van der Waals surface area (Å²) in [5.41, 5.74) is 1.45. The Labute approximate surface area is 192 Å². The number of halogens is 1. The Balaban J connectivity index is 2.12. The quantitative estimate of drug-likeness (QED) is 0.532. The van der Waals surface area contributed by atoms with Crippen LogP contribution >= 0.6 is 15.9 Å². The van der Waals surface area contributed by atoms with Crippen molar-refractivity contribution in [1.29, 1.82) is 0 Å². The molecule has 0 unspecified atom stereocenters. The molecule has 0 radical (unpaired) electrons. The number of carbonyl (C=O) groups is 2. The molecule has 0 fully saturated rings. The van der Waals surface area contributed by atoms with Gasteiger partial charge in [-0.15, -0.1) is 0 Å². The van der Waals surface area contributed by atoms with E-state index in [0.717, 1.165) is 16.3 Å². The molecule has 0 heterocycles. The molecule has 2 aromatic carbocycles. The van der Waals surface area contributed by atoms with E-state index in [0.29, 0.717) is 12.1 Å². The first-order valence-electron chi connectivity index (χ1n) is 9.91. The molecular weight excluding hydrogens is 482 g/mol. The van der Waals surface area contributed by atoms with Crippen molar-refractivity contribution in [2.45, 2.75) is 32.4 Å². The molecule has 31 heavy (non-hydrogen) atoms. The summed E-state index contributed by atoms with van der Waals surface area (Å²) >= 11 is 3.42. The minimum absolute atomic E-state index is 0.119. The SMILES string of the molecule is CNC(=O)[C@@H](C)N(Cc1cccc(Br)c1)C(=O)CCCN(c1ccccc1)S(C)(=O)=O. The van der Waals surface area contributed by atoms with Crippen LogP contribution in [-0.4, -0.2) is 51.0 Å². The van der Waals surface area contributed by atoms with Gasteiger partial charge in [0.2, 0.25) is 21.8 Å². The second kappa shape index (κ2) is 11.3. The van der Waals surface area contributed by atoms with Gasteiger partial charge in [-0.2, -0.15) is 0 Å². The van der Waals surface area contributed by atoms with E-state index in [4.69, 9.17) is 0 Å². The Hall–Kier alpha value is -2.39. The number of sulfonamides is 1. The predicted molar refractivity (Wildman–Crippen MR) is 126 cm³/mol. The van der Waals surface area contributed by atoms with Gasteiger partial charge in [0.1, 0.15) is 6.04 Å². The van der Waals surface area contributed by atoms with Crippen LogP contribution in [0.1, 0.15) is 25.3 Å². The summed E-state index contributed by atoms with van der Waals surface area (Å²) in [6.07, 6.45) is 1.60. The third-order valence-corrected chi connectivity index (χ3v) is 6.54. The molecule has 0 aliphatic heterocycles. The highest BCUT2D eigenvalue weighted by Crippen LogP contribution is 2.19. The summed E-state index contributed by atoms with van der Waals surface area (Å²) in [4.78, 5) is 26.8. The number of anilines is 1. The van der Waals surface area contributed by atoms with Crippen LogP contribution in [0.4, 0.5) is 5.69 Å². The number of hydrogen-bond acceptors (Lipinski definition) is 4. The van der Waals surface area contributed by atoms with Gasteiger partial charge in [-0.3, -0.25) is 13.9 Å². The zero-order chi connectivity index (χ0) is 23.0. The lowest BCUT2D eigenvalue weighted by Crippen LogP contribution is -2.46. The average molecular weight is 510 g/mol. The average Bonchev–Trinajstić information content (AvgIpc) is 2.73. The molecule has 1 atom stereocenters. The maximum atomic E-state index is 13.0. The van der Waals surface area contributed by atoms with Crippen molar-refractivity contribution in [3.05, 3.63) is 64.6 Å². The fourth-order valence-corrected chi connectivity index (χ4v) is 4.63. The molecule has 7 nitrogen and oxygen atoms in total. The minimum atomic E-state index is -3.48. The van der Waals surface area contributed by atoms with Gasteiger partial charge in [-0.1, -0.05) is 46.3 Å². The van der Waals surface area contributed by atoms with Gasteiger partial charge in [0.25, 0.3) is 0 Å². The largest absolute Gasteiger partial charge is 0.357 e.